The van der Waals surface area contributed by atoms with E-state index in [1.54, 1.807) is 12.1 Å². The van der Waals surface area contributed by atoms with Crippen LogP contribution in [0, 0.1) is 24.0 Å². The topological polar surface area (TPSA) is 85.5 Å². The van der Waals surface area contributed by atoms with Gasteiger partial charge in [0.2, 0.25) is 0 Å². The Labute approximate surface area is 255 Å². The van der Waals surface area contributed by atoms with Crippen molar-refractivity contribution in [3.05, 3.63) is 70.1 Å². The highest BCUT2D eigenvalue weighted by molar-refractivity contribution is 6.30. The van der Waals surface area contributed by atoms with Gasteiger partial charge in [-0.1, -0.05) is 30.6 Å². The summed E-state index contributed by atoms with van der Waals surface area (Å²) in [4.78, 5) is 34.2. The molecule has 5 rings (SSSR count). The summed E-state index contributed by atoms with van der Waals surface area (Å²) < 4.78 is 38.9. The number of benzene rings is 1. The van der Waals surface area contributed by atoms with E-state index in [0.29, 0.717) is 30.8 Å². The minimum absolute atomic E-state index is 0.0156. The molecule has 230 valence electrons. The molecule has 0 amide bonds. The number of likely N-dealkylation sites (tertiary alicyclic amines) is 1. The number of halogens is 3. The van der Waals surface area contributed by atoms with Gasteiger partial charge >= 0.3 is 0 Å². The summed E-state index contributed by atoms with van der Waals surface area (Å²) in [5, 5.41) is 4.48. The summed E-state index contributed by atoms with van der Waals surface area (Å²) in [7, 11) is 0. The molecular weight excluding hydrogens is 576 g/mol. The highest BCUT2D eigenvalue weighted by atomic mass is 35.5. The maximum absolute atomic E-state index is 14.3. The maximum Gasteiger partial charge on any atom is 0.185 e. The van der Waals surface area contributed by atoms with Crippen LogP contribution in [0.25, 0.3) is 11.3 Å². The second-order valence-electron chi connectivity index (χ2n) is 13.5. The van der Waals surface area contributed by atoms with Gasteiger partial charge in [0.1, 0.15) is 23.1 Å². The Morgan fingerprint density at radius 1 is 1.12 bits per heavy atom. The van der Waals surface area contributed by atoms with E-state index in [0.717, 1.165) is 36.4 Å². The molecule has 10 heteroatoms. The van der Waals surface area contributed by atoms with Gasteiger partial charge < -0.3 is 9.26 Å². The lowest BCUT2D eigenvalue weighted by atomic mass is 9.68. The van der Waals surface area contributed by atoms with Crippen LogP contribution in [0.5, 0.6) is 0 Å². The lowest BCUT2D eigenvalue weighted by Gasteiger charge is -2.55. The Morgan fingerprint density at radius 2 is 1.86 bits per heavy atom. The van der Waals surface area contributed by atoms with Crippen LogP contribution in [0.3, 0.4) is 0 Å². The molecule has 2 aromatic heterocycles. The van der Waals surface area contributed by atoms with Crippen LogP contribution in [0.2, 0.25) is 5.02 Å². The number of carbonyl (C=O) groups excluding carboxylic acids is 2. The van der Waals surface area contributed by atoms with Crippen molar-refractivity contribution in [1.82, 2.24) is 15.0 Å². The van der Waals surface area contributed by atoms with Gasteiger partial charge in [-0.2, -0.15) is 0 Å². The molecule has 2 saturated heterocycles. The van der Waals surface area contributed by atoms with Crippen molar-refractivity contribution >= 4 is 23.2 Å². The van der Waals surface area contributed by atoms with Crippen LogP contribution in [0.1, 0.15) is 81.7 Å². The van der Waals surface area contributed by atoms with E-state index in [4.69, 9.17) is 20.9 Å². The van der Waals surface area contributed by atoms with Gasteiger partial charge in [-0.3, -0.25) is 19.5 Å². The molecule has 0 N–H and O–H groups in total. The Morgan fingerprint density at radius 3 is 2.53 bits per heavy atom. The van der Waals surface area contributed by atoms with Gasteiger partial charge in [-0.15, -0.1) is 0 Å². The van der Waals surface area contributed by atoms with Crippen molar-refractivity contribution in [2.75, 3.05) is 19.7 Å². The van der Waals surface area contributed by atoms with Gasteiger partial charge in [0, 0.05) is 84.4 Å². The van der Waals surface area contributed by atoms with E-state index in [-0.39, 0.29) is 53.4 Å². The van der Waals surface area contributed by atoms with Crippen LogP contribution in [0.15, 0.2) is 40.9 Å². The Bertz CT molecular complexity index is 1510. The number of aryl methyl sites for hydroxylation is 1. The number of carbonyl (C=O) groups is 2. The molecule has 1 aromatic carbocycles. The van der Waals surface area contributed by atoms with E-state index < -0.39 is 22.5 Å². The predicted octanol–water partition coefficient (Wildman–Crippen LogP) is 7.14. The number of ketones is 2. The molecular formula is C33H38ClF2N3O4. The van der Waals surface area contributed by atoms with Crippen LogP contribution in [-0.4, -0.2) is 57.9 Å². The third kappa shape index (κ3) is 7.21. The SMILES string of the molecule is Cc1cc(Cl)cc(C(C)(C)CC(=O)CC2(CC(=O)c3cc(-c4ccc(F)cc4F)on3)CN(C3CCOC(C)(C)C3)C2)n1. The molecule has 0 radical (unpaired) electrons. The van der Waals surface area contributed by atoms with E-state index in [1.807, 2.05) is 20.8 Å². The third-order valence-corrected chi connectivity index (χ3v) is 8.83. The summed E-state index contributed by atoms with van der Waals surface area (Å²) in [5.41, 5.74) is 0.241. The highest BCUT2D eigenvalue weighted by Gasteiger charge is 2.50. The molecule has 1 atom stereocenters. The first-order valence-corrected chi connectivity index (χ1v) is 15.0. The van der Waals surface area contributed by atoms with Crippen molar-refractivity contribution in [2.24, 2.45) is 5.41 Å². The minimum atomic E-state index is -0.807. The van der Waals surface area contributed by atoms with Crippen LogP contribution < -0.4 is 0 Å². The molecule has 1 unspecified atom stereocenters. The van der Waals surface area contributed by atoms with Crippen molar-refractivity contribution in [1.29, 1.82) is 0 Å². The predicted molar refractivity (Wildman–Crippen MR) is 159 cm³/mol. The second kappa shape index (κ2) is 11.8. The zero-order chi connectivity index (χ0) is 31.2. The fourth-order valence-corrected chi connectivity index (χ4v) is 6.82. The molecule has 0 aliphatic carbocycles. The van der Waals surface area contributed by atoms with Crippen molar-refractivity contribution in [2.45, 2.75) is 83.8 Å². The number of Topliss-reactive ketones (excluding diaryl/α,β-unsaturated/α-hetero) is 2. The molecule has 4 heterocycles. The van der Waals surface area contributed by atoms with E-state index in [9.17, 15) is 18.4 Å². The summed E-state index contributed by atoms with van der Waals surface area (Å²) >= 11 is 6.28. The van der Waals surface area contributed by atoms with E-state index >= 15 is 0 Å². The number of aromatic nitrogens is 2. The average Bonchev–Trinajstić information content (AvgIpc) is 3.35. The number of nitrogens with zero attached hydrogens (tertiary/aromatic N) is 3. The smallest absolute Gasteiger partial charge is 0.185 e. The Kier molecular flexibility index (Phi) is 8.64. The average molecular weight is 614 g/mol. The van der Waals surface area contributed by atoms with E-state index in [1.165, 1.54) is 12.1 Å². The van der Waals surface area contributed by atoms with Crippen LogP contribution in [0.4, 0.5) is 8.78 Å². The summed E-state index contributed by atoms with van der Waals surface area (Å²) in [6.07, 6.45) is 2.33. The first-order chi connectivity index (χ1) is 20.1. The van der Waals surface area contributed by atoms with Crippen molar-refractivity contribution in [3.8, 4) is 11.3 Å². The molecule has 7 nitrogen and oxygen atoms in total. The molecule has 0 bridgehead atoms. The number of pyridine rings is 1. The first kappa shape index (κ1) is 31.4. The van der Waals surface area contributed by atoms with Crippen LogP contribution in [-0.2, 0) is 14.9 Å². The van der Waals surface area contributed by atoms with Gasteiger partial charge in [0.25, 0.3) is 0 Å². The van der Waals surface area contributed by atoms with Gasteiger partial charge in [-0.05, 0) is 57.9 Å². The van der Waals surface area contributed by atoms with Crippen molar-refractivity contribution in [3.63, 3.8) is 0 Å². The zero-order valence-corrected chi connectivity index (χ0v) is 26.1. The molecule has 2 aliphatic rings. The summed E-state index contributed by atoms with van der Waals surface area (Å²) in [5.74, 6) is -1.73. The molecule has 3 aromatic rings. The first-order valence-electron chi connectivity index (χ1n) is 14.6. The highest BCUT2D eigenvalue weighted by Crippen LogP contribution is 2.44. The maximum atomic E-state index is 14.3. The molecule has 2 aliphatic heterocycles. The van der Waals surface area contributed by atoms with Gasteiger partial charge in [0.05, 0.1) is 11.2 Å². The van der Waals surface area contributed by atoms with Gasteiger partial charge in [-0.25, -0.2) is 8.78 Å². The Hall–Kier alpha value is -3.01. The van der Waals surface area contributed by atoms with Crippen LogP contribution >= 0.6 is 11.6 Å². The lowest BCUT2D eigenvalue weighted by Crippen LogP contribution is -2.63. The fourth-order valence-electron chi connectivity index (χ4n) is 6.56. The van der Waals surface area contributed by atoms with Gasteiger partial charge in [0.15, 0.2) is 11.5 Å². The number of hydrogen-bond acceptors (Lipinski definition) is 7. The standard InChI is InChI=1S/C33H38ClF2N3O4/c1-20-10-21(34)11-30(37-20)31(2,3)15-24(40)16-33(18-39(19-33)23-8-9-42-32(4,5)14-23)17-28(41)27-13-29(43-38-27)25-7-6-22(35)12-26(25)36/h6-7,10-13,23H,8-9,14-19H2,1-5H3. The second-order valence-corrected chi connectivity index (χ2v) is 14.0. The minimum Gasteiger partial charge on any atom is -0.375 e. The zero-order valence-electron chi connectivity index (χ0n) is 25.3. The molecule has 0 saturated carbocycles. The quantitative estimate of drug-likeness (QED) is 0.225. The Balaban J connectivity index is 1.33. The molecule has 43 heavy (non-hydrogen) atoms. The fraction of sp³-hybridized carbons (Fsp3) is 0.515. The van der Waals surface area contributed by atoms with Crippen molar-refractivity contribution < 1.29 is 27.6 Å². The normalized spacial score (nSPS) is 20.0. The summed E-state index contributed by atoms with van der Waals surface area (Å²) in [6.45, 7) is 11.8. The number of hydrogen-bond donors (Lipinski definition) is 0. The summed E-state index contributed by atoms with van der Waals surface area (Å²) in [6, 6.07) is 8.37. The number of rotatable bonds is 10. The lowest BCUT2D eigenvalue weighted by molar-refractivity contribution is -0.136. The molecule has 2 fully saturated rings. The van der Waals surface area contributed by atoms with E-state index in [2.05, 4.69) is 28.9 Å². The largest absolute Gasteiger partial charge is 0.375 e. The monoisotopic (exact) mass is 613 g/mol. The number of ether oxygens (including phenoxy) is 1. The third-order valence-electron chi connectivity index (χ3n) is 8.62. The molecule has 0 spiro atoms.